The van der Waals surface area contributed by atoms with Crippen LogP contribution in [-0.4, -0.2) is 23.4 Å². The number of benzene rings is 2. The molecule has 0 aliphatic carbocycles. The van der Waals surface area contributed by atoms with Crippen molar-refractivity contribution in [1.82, 2.24) is 9.78 Å². The SMILES string of the molecule is COc1ccc(-c2nn(-c3cccc(Cl)c3C)c3c2CCCCN3)cc1. The van der Waals surface area contributed by atoms with Gasteiger partial charge >= 0.3 is 0 Å². The molecule has 0 atom stereocenters. The van der Waals surface area contributed by atoms with Crippen molar-refractivity contribution in [2.24, 2.45) is 0 Å². The molecule has 0 amide bonds. The molecule has 1 aliphatic heterocycles. The minimum Gasteiger partial charge on any atom is -0.497 e. The third-order valence-electron chi connectivity index (χ3n) is 4.96. The Morgan fingerprint density at radius 1 is 1.12 bits per heavy atom. The minimum absolute atomic E-state index is 0.756. The average molecular weight is 368 g/mol. The normalized spacial score (nSPS) is 13.7. The second kappa shape index (κ2) is 7.04. The fourth-order valence-electron chi connectivity index (χ4n) is 3.48. The zero-order valence-electron chi connectivity index (χ0n) is 15.1. The zero-order chi connectivity index (χ0) is 18.1. The number of anilines is 1. The highest BCUT2D eigenvalue weighted by molar-refractivity contribution is 6.31. The Morgan fingerprint density at radius 3 is 2.69 bits per heavy atom. The van der Waals surface area contributed by atoms with Crippen LogP contribution in [0.5, 0.6) is 5.75 Å². The Morgan fingerprint density at radius 2 is 1.92 bits per heavy atom. The minimum atomic E-state index is 0.756. The van der Waals surface area contributed by atoms with E-state index >= 15 is 0 Å². The molecule has 0 fully saturated rings. The van der Waals surface area contributed by atoms with E-state index in [0.717, 1.165) is 64.9 Å². The molecule has 0 saturated carbocycles. The van der Waals surface area contributed by atoms with Crippen molar-refractivity contribution in [2.75, 3.05) is 19.0 Å². The molecule has 3 aromatic rings. The summed E-state index contributed by atoms with van der Waals surface area (Å²) in [5, 5.41) is 9.33. The van der Waals surface area contributed by atoms with Gasteiger partial charge in [0.25, 0.3) is 0 Å². The third-order valence-corrected chi connectivity index (χ3v) is 5.37. The van der Waals surface area contributed by atoms with Gasteiger partial charge in [0.05, 0.1) is 18.5 Å². The molecule has 0 radical (unpaired) electrons. The molecule has 5 heteroatoms. The third kappa shape index (κ3) is 2.95. The number of methoxy groups -OCH3 is 1. The number of halogens is 1. The summed E-state index contributed by atoms with van der Waals surface area (Å²) in [5.41, 5.74) is 5.45. The smallest absolute Gasteiger partial charge is 0.133 e. The molecule has 1 aromatic heterocycles. The van der Waals surface area contributed by atoms with Gasteiger partial charge in [-0.05, 0) is 68.1 Å². The number of nitrogens with one attached hydrogen (secondary N) is 1. The largest absolute Gasteiger partial charge is 0.497 e. The Labute approximate surface area is 158 Å². The second-order valence-electron chi connectivity index (χ2n) is 6.58. The maximum absolute atomic E-state index is 6.36. The average Bonchev–Trinajstić information content (AvgIpc) is 2.85. The fraction of sp³-hybridized carbons (Fsp3) is 0.286. The molecule has 26 heavy (non-hydrogen) atoms. The quantitative estimate of drug-likeness (QED) is 0.686. The molecule has 4 rings (SSSR count). The molecule has 1 N–H and O–H groups in total. The van der Waals surface area contributed by atoms with E-state index in [9.17, 15) is 0 Å². The Balaban J connectivity index is 1.90. The Bertz CT molecular complexity index is 931. The van der Waals surface area contributed by atoms with Crippen LogP contribution in [-0.2, 0) is 6.42 Å². The first-order valence-electron chi connectivity index (χ1n) is 8.94. The van der Waals surface area contributed by atoms with E-state index in [4.69, 9.17) is 21.4 Å². The maximum atomic E-state index is 6.36. The number of ether oxygens (including phenoxy) is 1. The van der Waals surface area contributed by atoms with Crippen LogP contribution in [0.2, 0.25) is 5.02 Å². The van der Waals surface area contributed by atoms with E-state index in [1.165, 1.54) is 5.56 Å². The summed E-state index contributed by atoms with van der Waals surface area (Å²) < 4.78 is 7.30. The molecule has 0 unspecified atom stereocenters. The molecule has 1 aliphatic rings. The Kier molecular flexibility index (Phi) is 4.60. The standard InChI is InChI=1S/C21H22ClN3O/c1-14-18(22)7-5-8-19(14)25-21-17(6-3-4-13-23-21)20(24-25)15-9-11-16(26-2)12-10-15/h5,7-12,23H,3-4,6,13H2,1-2H3. The lowest BCUT2D eigenvalue weighted by Crippen LogP contribution is -2.08. The summed E-state index contributed by atoms with van der Waals surface area (Å²) in [5.74, 6) is 1.93. The van der Waals surface area contributed by atoms with E-state index < -0.39 is 0 Å². The molecule has 0 spiro atoms. The van der Waals surface area contributed by atoms with Crippen molar-refractivity contribution in [3.8, 4) is 22.7 Å². The number of nitrogens with zero attached hydrogens (tertiary/aromatic N) is 2. The van der Waals surface area contributed by atoms with Gasteiger partial charge in [-0.3, -0.25) is 0 Å². The summed E-state index contributed by atoms with van der Waals surface area (Å²) >= 11 is 6.36. The van der Waals surface area contributed by atoms with Crippen LogP contribution in [0.1, 0.15) is 24.0 Å². The predicted octanol–water partition coefficient (Wildman–Crippen LogP) is 5.26. The highest BCUT2D eigenvalue weighted by Gasteiger charge is 2.22. The van der Waals surface area contributed by atoms with Crippen LogP contribution in [0.15, 0.2) is 42.5 Å². The van der Waals surface area contributed by atoms with Crippen LogP contribution < -0.4 is 10.1 Å². The first-order chi connectivity index (χ1) is 12.7. The number of hydrogen-bond acceptors (Lipinski definition) is 3. The first kappa shape index (κ1) is 17.0. The van der Waals surface area contributed by atoms with Gasteiger partial charge in [-0.2, -0.15) is 5.10 Å². The van der Waals surface area contributed by atoms with Gasteiger partial charge < -0.3 is 10.1 Å². The van der Waals surface area contributed by atoms with E-state index in [2.05, 4.69) is 23.5 Å². The maximum Gasteiger partial charge on any atom is 0.133 e. The molecule has 0 bridgehead atoms. The van der Waals surface area contributed by atoms with Gasteiger partial charge in [0.2, 0.25) is 0 Å². The number of rotatable bonds is 3. The molecular weight excluding hydrogens is 346 g/mol. The van der Waals surface area contributed by atoms with Crippen LogP contribution >= 0.6 is 11.6 Å². The lowest BCUT2D eigenvalue weighted by molar-refractivity contribution is 0.415. The van der Waals surface area contributed by atoms with Crippen molar-refractivity contribution in [1.29, 1.82) is 0 Å². The lowest BCUT2D eigenvalue weighted by Gasteiger charge is -2.12. The lowest BCUT2D eigenvalue weighted by atomic mass is 10.0. The monoisotopic (exact) mass is 367 g/mol. The summed E-state index contributed by atoms with van der Waals surface area (Å²) in [4.78, 5) is 0. The summed E-state index contributed by atoms with van der Waals surface area (Å²) in [6.45, 7) is 3.00. The van der Waals surface area contributed by atoms with Gasteiger partial charge in [-0.15, -0.1) is 0 Å². The topological polar surface area (TPSA) is 39.1 Å². The fourth-order valence-corrected chi connectivity index (χ4v) is 3.65. The molecule has 0 saturated heterocycles. The summed E-state index contributed by atoms with van der Waals surface area (Å²) in [6.07, 6.45) is 3.33. The second-order valence-corrected chi connectivity index (χ2v) is 6.99. The van der Waals surface area contributed by atoms with E-state index in [0.29, 0.717) is 0 Å². The van der Waals surface area contributed by atoms with Crippen molar-refractivity contribution in [3.05, 3.63) is 58.6 Å². The number of aromatic nitrogens is 2. The molecule has 2 aromatic carbocycles. The van der Waals surface area contributed by atoms with Crippen molar-refractivity contribution >= 4 is 17.4 Å². The van der Waals surface area contributed by atoms with E-state index in [-0.39, 0.29) is 0 Å². The van der Waals surface area contributed by atoms with Gasteiger partial charge in [-0.1, -0.05) is 17.7 Å². The van der Waals surface area contributed by atoms with Crippen LogP contribution in [0, 0.1) is 6.92 Å². The summed E-state index contributed by atoms with van der Waals surface area (Å²) in [6, 6.07) is 14.1. The van der Waals surface area contributed by atoms with Crippen molar-refractivity contribution in [3.63, 3.8) is 0 Å². The van der Waals surface area contributed by atoms with Gasteiger partial charge in [-0.25, -0.2) is 4.68 Å². The van der Waals surface area contributed by atoms with Gasteiger partial charge in [0.1, 0.15) is 11.6 Å². The zero-order valence-corrected chi connectivity index (χ0v) is 15.8. The van der Waals surface area contributed by atoms with Crippen LogP contribution in [0.4, 0.5) is 5.82 Å². The Hall–Kier alpha value is -2.46. The highest BCUT2D eigenvalue weighted by Crippen LogP contribution is 2.35. The first-order valence-corrected chi connectivity index (χ1v) is 9.32. The predicted molar refractivity (Wildman–Crippen MR) is 107 cm³/mol. The van der Waals surface area contributed by atoms with Gasteiger partial charge in [0, 0.05) is 22.7 Å². The number of hydrogen-bond donors (Lipinski definition) is 1. The molecule has 134 valence electrons. The van der Waals surface area contributed by atoms with E-state index in [1.54, 1.807) is 7.11 Å². The van der Waals surface area contributed by atoms with Crippen molar-refractivity contribution < 1.29 is 4.74 Å². The van der Waals surface area contributed by atoms with Crippen molar-refractivity contribution in [2.45, 2.75) is 26.2 Å². The van der Waals surface area contributed by atoms with E-state index in [1.807, 2.05) is 35.9 Å². The number of fused-ring (bicyclic) bond motifs is 1. The molecule has 2 heterocycles. The molecular formula is C21H22ClN3O. The van der Waals surface area contributed by atoms with Crippen LogP contribution in [0.3, 0.4) is 0 Å². The van der Waals surface area contributed by atoms with Crippen LogP contribution in [0.25, 0.3) is 16.9 Å². The molecule has 4 nitrogen and oxygen atoms in total. The summed E-state index contributed by atoms with van der Waals surface area (Å²) in [7, 11) is 1.68. The van der Waals surface area contributed by atoms with Gasteiger partial charge in [0.15, 0.2) is 0 Å². The highest BCUT2D eigenvalue weighted by atomic mass is 35.5.